The maximum absolute atomic E-state index is 12.5. The molecule has 0 aliphatic rings. The lowest BCUT2D eigenvalue weighted by Gasteiger charge is -2.09. The first-order valence-corrected chi connectivity index (χ1v) is 12.8. The Kier molecular flexibility index (Phi) is 9.62. The van der Waals surface area contributed by atoms with Gasteiger partial charge in [0.2, 0.25) is 0 Å². The van der Waals surface area contributed by atoms with E-state index in [0.29, 0.717) is 11.3 Å². The predicted molar refractivity (Wildman–Crippen MR) is 148 cm³/mol. The Morgan fingerprint density at radius 1 is 1.08 bits per heavy atom. The summed E-state index contributed by atoms with van der Waals surface area (Å²) in [7, 11) is 0. The van der Waals surface area contributed by atoms with Crippen molar-refractivity contribution in [2.24, 2.45) is 0 Å². The lowest BCUT2D eigenvalue weighted by Crippen LogP contribution is -2.07. The van der Waals surface area contributed by atoms with Gasteiger partial charge in [-0.25, -0.2) is 4.79 Å². The lowest BCUT2D eigenvalue weighted by molar-refractivity contribution is 0.0541. The number of allylic oxidation sites excluding steroid dienone is 5. The maximum Gasteiger partial charge on any atom is 0.360 e. The quantitative estimate of drug-likeness (QED) is 0.205. The van der Waals surface area contributed by atoms with Gasteiger partial charge in [0.1, 0.15) is 12.7 Å². The van der Waals surface area contributed by atoms with E-state index in [4.69, 9.17) is 4.74 Å². The van der Waals surface area contributed by atoms with Crippen LogP contribution in [0, 0.1) is 11.3 Å². The Hall–Kier alpha value is -3.92. The van der Waals surface area contributed by atoms with Crippen LogP contribution in [-0.2, 0) is 4.74 Å². The molecule has 0 radical (unpaired) electrons. The molecule has 0 aliphatic heterocycles. The van der Waals surface area contributed by atoms with Crippen LogP contribution in [0.4, 0.5) is 0 Å². The number of hydrogen-bond acceptors (Lipinski definition) is 5. The molecular formula is C30H37N5O2. The molecule has 37 heavy (non-hydrogen) atoms. The summed E-state index contributed by atoms with van der Waals surface area (Å²) in [5, 5.41) is 18.9. The predicted octanol–water partition coefficient (Wildman–Crippen LogP) is 7.25. The summed E-state index contributed by atoms with van der Waals surface area (Å²) in [6.07, 6.45) is 13.8. The largest absolute Gasteiger partial charge is 0.457 e. The summed E-state index contributed by atoms with van der Waals surface area (Å²) in [6, 6.07) is 8.17. The maximum atomic E-state index is 12.5. The normalized spacial score (nSPS) is 12.2. The van der Waals surface area contributed by atoms with Gasteiger partial charge in [0.25, 0.3) is 0 Å². The van der Waals surface area contributed by atoms with Gasteiger partial charge in [-0.05, 0) is 91.5 Å². The number of nitriles is 1. The van der Waals surface area contributed by atoms with Gasteiger partial charge < -0.3 is 9.30 Å². The fourth-order valence-corrected chi connectivity index (χ4v) is 4.04. The number of ether oxygens (including phenoxy) is 1. The van der Waals surface area contributed by atoms with Crippen LogP contribution in [-0.4, -0.2) is 32.1 Å². The highest BCUT2D eigenvalue weighted by Crippen LogP contribution is 2.26. The molecule has 0 N–H and O–H groups in total. The van der Waals surface area contributed by atoms with Gasteiger partial charge in [0.05, 0.1) is 17.4 Å². The van der Waals surface area contributed by atoms with Gasteiger partial charge in [0.15, 0.2) is 5.69 Å². The highest BCUT2D eigenvalue weighted by molar-refractivity contribution is 5.89. The van der Waals surface area contributed by atoms with E-state index in [0.717, 1.165) is 36.6 Å². The molecule has 3 rings (SSSR count). The molecule has 7 nitrogen and oxygen atoms in total. The molecule has 7 heteroatoms. The molecule has 0 amide bonds. The van der Waals surface area contributed by atoms with Crippen molar-refractivity contribution in [3.63, 3.8) is 0 Å². The zero-order valence-electron chi connectivity index (χ0n) is 22.8. The van der Waals surface area contributed by atoms with Gasteiger partial charge in [-0.1, -0.05) is 28.9 Å². The van der Waals surface area contributed by atoms with Crippen LogP contribution >= 0.6 is 0 Å². The van der Waals surface area contributed by atoms with Crippen LogP contribution in [0.2, 0.25) is 0 Å². The summed E-state index contributed by atoms with van der Waals surface area (Å²) in [5.74, 6) is -0.518. The van der Waals surface area contributed by atoms with Crippen LogP contribution in [0.1, 0.15) is 89.3 Å². The minimum absolute atomic E-state index is 0.140. The minimum atomic E-state index is -0.518. The second kappa shape index (κ2) is 12.9. The van der Waals surface area contributed by atoms with Crippen LogP contribution in [0.3, 0.4) is 0 Å². The molecule has 0 aliphatic carbocycles. The molecule has 0 spiro atoms. The number of carbonyl (C=O) groups excluding carboxylic acids is 1. The molecular weight excluding hydrogens is 462 g/mol. The molecule has 0 atom stereocenters. The second-order valence-corrected chi connectivity index (χ2v) is 9.93. The van der Waals surface area contributed by atoms with Crippen molar-refractivity contribution in [3.8, 4) is 11.8 Å². The number of hydrogen-bond donors (Lipinski definition) is 0. The molecule has 1 aromatic carbocycles. The molecule has 0 fully saturated rings. The first-order chi connectivity index (χ1) is 17.7. The van der Waals surface area contributed by atoms with Crippen LogP contribution < -0.4 is 0 Å². The molecule has 194 valence electrons. The van der Waals surface area contributed by atoms with Crippen molar-refractivity contribution in [2.75, 3.05) is 6.61 Å². The standard InChI is InChI=1S/C30H37N5O2/c1-21(2)9-7-10-23(5)11-8-12-24(6)15-16-37-30(36)28-19-32-35(33-28)26-13-14-29-27(17-26)25(18-31)20-34(29)22(3)4/h9,11,13-15,17,19-20,22H,7-8,10,12,16H2,1-6H3. The van der Waals surface area contributed by atoms with Crippen molar-refractivity contribution in [2.45, 2.75) is 73.3 Å². The number of aromatic nitrogens is 4. The lowest BCUT2D eigenvalue weighted by atomic mass is 10.1. The van der Waals surface area contributed by atoms with E-state index in [-0.39, 0.29) is 18.3 Å². The number of nitrogens with zero attached hydrogens (tertiary/aromatic N) is 5. The van der Waals surface area contributed by atoms with Gasteiger partial charge in [-0.15, -0.1) is 5.10 Å². The average Bonchev–Trinajstić information content (AvgIpc) is 3.48. The van der Waals surface area contributed by atoms with Crippen molar-refractivity contribution in [1.82, 2.24) is 19.6 Å². The first-order valence-electron chi connectivity index (χ1n) is 12.8. The van der Waals surface area contributed by atoms with Gasteiger partial charge >= 0.3 is 5.97 Å². The first kappa shape index (κ1) is 27.7. The highest BCUT2D eigenvalue weighted by atomic mass is 16.5. The van der Waals surface area contributed by atoms with E-state index in [1.165, 1.54) is 27.7 Å². The summed E-state index contributed by atoms with van der Waals surface area (Å²) >= 11 is 0. The van der Waals surface area contributed by atoms with Crippen molar-refractivity contribution in [1.29, 1.82) is 5.26 Å². The van der Waals surface area contributed by atoms with Crippen molar-refractivity contribution >= 4 is 16.9 Å². The Morgan fingerprint density at radius 2 is 1.78 bits per heavy atom. The van der Waals surface area contributed by atoms with Gasteiger partial charge in [0, 0.05) is 23.1 Å². The number of fused-ring (bicyclic) bond motifs is 1. The van der Waals surface area contributed by atoms with Crippen molar-refractivity contribution in [3.05, 3.63) is 76.8 Å². The molecule has 0 unspecified atom stereocenters. The summed E-state index contributed by atoms with van der Waals surface area (Å²) < 4.78 is 7.45. The third-order valence-electron chi connectivity index (χ3n) is 6.19. The highest BCUT2D eigenvalue weighted by Gasteiger charge is 2.15. The minimum Gasteiger partial charge on any atom is -0.457 e. The average molecular weight is 500 g/mol. The number of rotatable bonds is 11. The zero-order chi connectivity index (χ0) is 26.9. The summed E-state index contributed by atoms with van der Waals surface area (Å²) in [4.78, 5) is 13.9. The Labute approximate surface area is 219 Å². The number of esters is 1. The SMILES string of the molecule is CC(C)=CCCC(C)=CCCC(C)=CCOC(=O)c1cnn(-c2ccc3c(c2)c(C#N)cn3C(C)C)n1. The van der Waals surface area contributed by atoms with Crippen LogP contribution in [0.25, 0.3) is 16.6 Å². The molecule has 3 aromatic rings. The Morgan fingerprint density at radius 3 is 2.46 bits per heavy atom. The third-order valence-corrected chi connectivity index (χ3v) is 6.19. The Bertz CT molecular complexity index is 1370. The van der Waals surface area contributed by atoms with E-state index in [9.17, 15) is 10.1 Å². The molecule has 2 aromatic heterocycles. The van der Waals surface area contributed by atoms with Crippen LogP contribution in [0.5, 0.6) is 0 Å². The third kappa shape index (κ3) is 7.53. The monoisotopic (exact) mass is 499 g/mol. The topological polar surface area (TPSA) is 85.7 Å². The van der Waals surface area contributed by atoms with E-state index >= 15 is 0 Å². The number of carbonyl (C=O) groups is 1. The fraction of sp³-hybridized carbons (Fsp3) is 0.400. The summed E-state index contributed by atoms with van der Waals surface area (Å²) in [6.45, 7) is 12.8. The second-order valence-electron chi connectivity index (χ2n) is 9.93. The zero-order valence-corrected chi connectivity index (χ0v) is 22.8. The van der Waals surface area contributed by atoms with E-state index in [1.54, 1.807) is 0 Å². The smallest absolute Gasteiger partial charge is 0.360 e. The van der Waals surface area contributed by atoms with Crippen LogP contribution in [0.15, 0.2) is 65.5 Å². The fourth-order valence-electron chi connectivity index (χ4n) is 4.04. The molecule has 0 saturated carbocycles. The van der Waals surface area contributed by atoms with E-state index in [2.05, 4.69) is 74.5 Å². The van der Waals surface area contributed by atoms with Gasteiger partial charge in [-0.3, -0.25) is 0 Å². The molecule has 0 saturated heterocycles. The number of benzene rings is 1. The van der Waals surface area contributed by atoms with E-state index < -0.39 is 5.97 Å². The molecule has 0 bridgehead atoms. The van der Waals surface area contributed by atoms with E-state index in [1.807, 2.05) is 30.5 Å². The molecule has 2 heterocycles. The summed E-state index contributed by atoms with van der Waals surface area (Å²) in [5.41, 5.74) is 6.31. The van der Waals surface area contributed by atoms with Crippen molar-refractivity contribution < 1.29 is 9.53 Å². The van der Waals surface area contributed by atoms with Gasteiger partial charge in [-0.2, -0.15) is 15.2 Å². The Balaban J connectivity index is 1.56.